The minimum absolute atomic E-state index is 0.216. The molecule has 1 aromatic rings. The van der Waals surface area contributed by atoms with Gasteiger partial charge in [0.1, 0.15) is 0 Å². The molecule has 1 saturated heterocycles. The van der Waals surface area contributed by atoms with Crippen LogP contribution in [0.25, 0.3) is 0 Å². The van der Waals surface area contributed by atoms with Gasteiger partial charge in [0.2, 0.25) is 15.9 Å². The largest absolute Gasteiger partial charge is 0.344 e. The summed E-state index contributed by atoms with van der Waals surface area (Å²) in [5, 5.41) is 0. The van der Waals surface area contributed by atoms with Crippen LogP contribution in [-0.4, -0.2) is 63.9 Å². The van der Waals surface area contributed by atoms with E-state index in [4.69, 9.17) is 0 Å². The van der Waals surface area contributed by atoms with Crippen molar-refractivity contribution in [2.45, 2.75) is 38.5 Å². The number of benzene rings is 1. The average Bonchev–Trinajstić information content (AvgIpc) is 3.04. The molecular formula is C19H31N3O3S. The Labute approximate surface area is 157 Å². The molecule has 0 aliphatic carbocycles. The fraction of sp³-hybridized carbons (Fsp3) is 0.632. The number of hydrogen-bond donors (Lipinski definition) is 1. The van der Waals surface area contributed by atoms with E-state index in [0.29, 0.717) is 18.0 Å². The Hall–Kier alpha value is -1.44. The van der Waals surface area contributed by atoms with Gasteiger partial charge in [0.05, 0.1) is 11.4 Å². The van der Waals surface area contributed by atoms with Crippen LogP contribution in [0.5, 0.6) is 0 Å². The number of amides is 1. The topological polar surface area (TPSA) is 69.7 Å². The summed E-state index contributed by atoms with van der Waals surface area (Å²) in [5.41, 5.74) is 1.68. The van der Waals surface area contributed by atoms with E-state index in [1.165, 1.54) is 12.8 Å². The zero-order valence-electron chi connectivity index (χ0n) is 16.3. The predicted molar refractivity (Wildman–Crippen MR) is 104 cm³/mol. The third-order valence-electron chi connectivity index (χ3n) is 4.81. The van der Waals surface area contributed by atoms with Gasteiger partial charge in [0.15, 0.2) is 0 Å². The van der Waals surface area contributed by atoms with Crippen LogP contribution >= 0.6 is 0 Å². The quantitative estimate of drug-likeness (QED) is 0.745. The minimum Gasteiger partial charge on any atom is -0.344 e. The molecule has 0 spiro atoms. The third kappa shape index (κ3) is 5.79. The van der Waals surface area contributed by atoms with E-state index in [2.05, 4.69) is 16.5 Å². The molecule has 1 N–H and O–H groups in total. The number of nitrogens with zero attached hydrogens (tertiary/aromatic N) is 2. The molecule has 1 fully saturated rings. The van der Waals surface area contributed by atoms with Crippen molar-refractivity contribution in [2.24, 2.45) is 5.92 Å². The molecule has 7 heteroatoms. The molecule has 6 nitrogen and oxygen atoms in total. The Kier molecular flexibility index (Phi) is 7.20. The second-order valence-electron chi connectivity index (χ2n) is 7.48. The Morgan fingerprint density at radius 1 is 1.27 bits per heavy atom. The number of nitrogens with one attached hydrogen (secondary N) is 1. The maximum Gasteiger partial charge on any atom is 0.241 e. The number of carbonyl (C=O) groups excluding carboxylic acids is 1. The summed E-state index contributed by atoms with van der Waals surface area (Å²) < 4.78 is 27.3. The Balaban J connectivity index is 1.86. The van der Waals surface area contributed by atoms with E-state index in [1.807, 2.05) is 13.0 Å². The highest BCUT2D eigenvalue weighted by atomic mass is 32.2. The lowest BCUT2D eigenvalue weighted by molar-refractivity contribution is -0.129. The third-order valence-corrected chi connectivity index (χ3v) is 6.37. The summed E-state index contributed by atoms with van der Waals surface area (Å²) in [6.07, 6.45) is 2.50. The van der Waals surface area contributed by atoms with Gasteiger partial charge in [-0.3, -0.25) is 4.79 Å². The predicted octanol–water partition coefficient (Wildman–Crippen LogP) is 1.77. The lowest BCUT2D eigenvalue weighted by Gasteiger charge is -2.25. The van der Waals surface area contributed by atoms with Crippen molar-refractivity contribution in [1.82, 2.24) is 14.5 Å². The number of aryl methyl sites for hydroxylation is 2. The average molecular weight is 382 g/mol. The molecular weight excluding hydrogens is 350 g/mol. The van der Waals surface area contributed by atoms with E-state index in [0.717, 1.165) is 25.2 Å². The Morgan fingerprint density at radius 2 is 1.92 bits per heavy atom. The second kappa shape index (κ2) is 8.97. The molecule has 26 heavy (non-hydrogen) atoms. The van der Waals surface area contributed by atoms with E-state index in [-0.39, 0.29) is 17.3 Å². The van der Waals surface area contributed by atoms with Gasteiger partial charge in [-0.05, 0) is 57.3 Å². The Bertz CT molecular complexity index is 728. The van der Waals surface area contributed by atoms with Gasteiger partial charge in [-0.1, -0.05) is 24.6 Å². The zero-order chi connectivity index (χ0) is 19.3. The highest BCUT2D eigenvalue weighted by Crippen LogP contribution is 2.16. The van der Waals surface area contributed by atoms with E-state index < -0.39 is 10.0 Å². The second-order valence-corrected chi connectivity index (χ2v) is 9.22. The molecule has 2 rings (SSSR count). The van der Waals surface area contributed by atoms with Gasteiger partial charge in [0.25, 0.3) is 0 Å². The summed E-state index contributed by atoms with van der Waals surface area (Å²) in [6, 6.07) is 5.16. The molecule has 0 bridgehead atoms. The summed E-state index contributed by atoms with van der Waals surface area (Å²) in [6.45, 7) is 9.46. The van der Waals surface area contributed by atoms with Crippen LogP contribution in [0.4, 0.5) is 0 Å². The maximum atomic E-state index is 12.5. The summed E-state index contributed by atoms with van der Waals surface area (Å²) in [5.74, 6) is 0.143. The molecule has 1 aliphatic rings. The van der Waals surface area contributed by atoms with Crippen molar-refractivity contribution in [3.05, 3.63) is 29.3 Å². The molecule has 1 amide bonds. The van der Waals surface area contributed by atoms with Crippen molar-refractivity contribution in [3.8, 4) is 0 Å². The molecule has 0 saturated carbocycles. The minimum atomic E-state index is -3.69. The fourth-order valence-corrected chi connectivity index (χ4v) is 4.70. The van der Waals surface area contributed by atoms with Gasteiger partial charge in [0, 0.05) is 20.1 Å². The number of hydrogen-bond acceptors (Lipinski definition) is 4. The van der Waals surface area contributed by atoms with Crippen LogP contribution in [0, 0.1) is 19.8 Å². The van der Waals surface area contributed by atoms with E-state index in [1.54, 1.807) is 31.0 Å². The van der Waals surface area contributed by atoms with Crippen LogP contribution in [-0.2, 0) is 14.8 Å². The maximum absolute atomic E-state index is 12.5. The normalized spacial score (nSPS) is 16.6. The molecule has 1 heterocycles. The smallest absolute Gasteiger partial charge is 0.241 e. The van der Waals surface area contributed by atoms with Gasteiger partial charge in [-0.15, -0.1) is 0 Å². The summed E-state index contributed by atoms with van der Waals surface area (Å²) >= 11 is 0. The first kappa shape index (κ1) is 20.9. The van der Waals surface area contributed by atoms with Crippen molar-refractivity contribution in [1.29, 1.82) is 0 Å². The standard InChI is InChI=1S/C19H31N3O3S/c1-15-7-8-18(17(3)11-15)26(24,25)20-12-19(23)21(4)13-16(2)14-22-9-5-6-10-22/h7-8,11,16,20H,5-6,9-10,12-14H2,1-4H3/t16-/m1/s1. The summed E-state index contributed by atoms with van der Waals surface area (Å²) in [4.78, 5) is 16.6. The SMILES string of the molecule is Cc1ccc(S(=O)(=O)NCC(=O)N(C)C[C@@H](C)CN2CCCC2)c(C)c1. The van der Waals surface area contributed by atoms with Crippen molar-refractivity contribution < 1.29 is 13.2 Å². The Morgan fingerprint density at radius 3 is 2.54 bits per heavy atom. The molecule has 0 radical (unpaired) electrons. The first-order valence-corrected chi connectivity index (χ1v) is 10.7. The molecule has 1 aliphatic heterocycles. The molecule has 0 unspecified atom stereocenters. The van der Waals surface area contributed by atoms with Crippen LogP contribution in [0.3, 0.4) is 0 Å². The lowest BCUT2D eigenvalue weighted by Crippen LogP contribution is -2.41. The van der Waals surface area contributed by atoms with E-state index >= 15 is 0 Å². The first-order valence-electron chi connectivity index (χ1n) is 9.22. The van der Waals surface area contributed by atoms with Gasteiger partial charge in [-0.2, -0.15) is 0 Å². The lowest BCUT2D eigenvalue weighted by atomic mass is 10.1. The van der Waals surface area contributed by atoms with Crippen LogP contribution in [0.1, 0.15) is 30.9 Å². The number of sulfonamides is 1. The van der Waals surface area contributed by atoms with Crippen molar-refractivity contribution >= 4 is 15.9 Å². The van der Waals surface area contributed by atoms with E-state index in [9.17, 15) is 13.2 Å². The number of likely N-dealkylation sites (N-methyl/N-ethyl adjacent to an activating group) is 1. The first-order chi connectivity index (χ1) is 12.2. The van der Waals surface area contributed by atoms with Gasteiger partial charge >= 0.3 is 0 Å². The highest BCUT2D eigenvalue weighted by Gasteiger charge is 2.21. The highest BCUT2D eigenvalue weighted by molar-refractivity contribution is 7.89. The number of likely N-dealkylation sites (tertiary alicyclic amines) is 1. The van der Waals surface area contributed by atoms with Gasteiger partial charge in [-0.25, -0.2) is 13.1 Å². The van der Waals surface area contributed by atoms with Crippen molar-refractivity contribution in [3.63, 3.8) is 0 Å². The van der Waals surface area contributed by atoms with Crippen LogP contribution in [0.2, 0.25) is 0 Å². The monoisotopic (exact) mass is 381 g/mol. The molecule has 146 valence electrons. The zero-order valence-corrected chi connectivity index (χ0v) is 17.1. The number of carbonyl (C=O) groups is 1. The fourth-order valence-electron chi connectivity index (χ4n) is 3.50. The number of rotatable bonds is 8. The van der Waals surface area contributed by atoms with Gasteiger partial charge < -0.3 is 9.80 Å². The molecule has 1 atom stereocenters. The van der Waals surface area contributed by atoms with Crippen molar-refractivity contribution in [2.75, 3.05) is 39.8 Å². The molecule has 1 aromatic carbocycles. The van der Waals surface area contributed by atoms with Crippen LogP contribution in [0.15, 0.2) is 23.1 Å². The molecule has 0 aromatic heterocycles. The van der Waals surface area contributed by atoms with Crippen LogP contribution < -0.4 is 4.72 Å². The summed E-state index contributed by atoms with van der Waals surface area (Å²) in [7, 11) is -1.96.